The fourth-order valence-electron chi connectivity index (χ4n) is 2.02. The normalized spacial score (nSPS) is 10.5. The summed E-state index contributed by atoms with van der Waals surface area (Å²) < 4.78 is 1.80. The van der Waals surface area contributed by atoms with E-state index >= 15 is 0 Å². The van der Waals surface area contributed by atoms with Gasteiger partial charge in [0.1, 0.15) is 12.0 Å². The second-order valence-corrected chi connectivity index (χ2v) is 5.04. The Kier molecular flexibility index (Phi) is 3.84. The lowest BCUT2D eigenvalue weighted by Gasteiger charge is -2.07. The maximum Gasteiger partial charge on any atom is 0.275 e. The first-order chi connectivity index (χ1) is 10.6. The maximum absolute atomic E-state index is 12.2. The van der Waals surface area contributed by atoms with Gasteiger partial charge in [0.25, 0.3) is 5.91 Å². The predicted octanol–water partition coefficient (Wildman–Crippen LogP) is 2.78. The van der Waals surface area contributed by atoms with Gasteiger partial charge < -0.3 is 9.88 Å². The number of amides is 1. The van der Waals surface area contributed by atoms with Crippen LogP contribution in [0.5, 0.6) is 0 Å². The summed E-state index contributed by atoms with van der Waals surface area (Å²) in [5, 5.41) is 11.0. The largest absolute Gasteiger partial charge is 0.321 e. The van der Waals surface area contributed by atoms with Gasteiger partial charge in [0, 0.05) is 24.5 Å². The van der Waals surface area contributed by atoms with E-state index in [1.807, 2.05) is 25.2 Å². The van der Waals surface area contributed by atoms with Crippen LogP contribution in [0.1, 0.15) is 10.5 Å². The molecule has 22 heavy (non-hydrogen) atoms. The Morgan fingerprint density at radius 2 is 2.14 bits per heavy atom. The number of hydrogen-bond donors (Lipinski definition) is 1. The van der Waals surface area contributed by atoms with Crippen LogP contribution in [0.4, 0.5) is 5.69 Å². The van der Waals surface area contributed by atoms with Crippen LogP contribution in [-0.2, 0) is 7.05 Å². The number of benzene rings is 1. The smallest absolute Gasteiger partial charge is 0.275 e. The van der Waals surface area contributed by atoms with Gasteiger partial charge in [-0.2, -0.15) is 0 Å². The molecule has 1 amide bonds. The highest BCUT2D eigenvalue weighted by Gasteiger charge is 2.12. The monoisotopic (exact) mass is 313 g/mol. The molecule has 0 saturated carbocycles. The molecule has 0 atom stereocenters. The summed E-state index contributed by atoms with van der Waals surface area (Å²) in [6.45, 7) is 0. The zero-order chi connectivity index (χ0) is 15.5. The van der Waals surface area contributed by atoms with Crippen molar-refractivity contribution in [3.63, 3.8) is 0 Å². The van der Waals surface area contributed by atoms with Crippen molar-refractivity contribution in [2.45, 2.75) is 0 Å². The highest BCUT2D eigenvalue weighted by molar-refractivity contribution is 6.34. The number of hydrogen-bond acceptors (Lipinski definition) is 4. The molecule has 3 rings (SSSR count). The van der Waals surface area contributed by atoms with Crippen LogP contribution in [0.3, 0.4) is 0 Å². The van der Waals surface area contributed by atoms with E-state index in [9.17, 15) is 4.79 Å². The number of aromatic nitrogens is 4. The first kappa shape index (κ1) is 14.2. The lowest BCUT2D eigenvalue weighted by molar-refractivity contribution is 0.102. The van der Waals surface area contributed by atoms with Crippen LogP contribution in [0.2, 0.25) is 5.02 Å². The zero-order valence-corrected chi connectivity index (χ0v) is 12.4. The molecule has 0 radical (unpaired) electrons. The molecule has 0 aliphatic carbocycles. The molecule has 2 heterocycles. The van der Waals surface area contributed by atoms with Crippen LogP contribution in [0, 0.1) is 0 Å². The molecule has 0 aliphatic heterocycles. The van der Waals surface area contributed by atoms with Gasteiger partial charge in [-0.3, -0.25) is 4.79 Å². The third-order valence-electron chi connectivity index (χ3n) is 3.06. The lowest BCUT2D eigenvalue weighted by Crippen LogP contribution is -2.14. The van der Waals surface area contributed by atoms with E-state index in [-0.39, 0.29) is 11.6 Å². The number of nitrogens with one attached hydrogen (secondary N) is 1. The number of aryl methyl sites for hydroxylation is 1. The van der Waals surface area contributed by atoms with E-state index < -0.39 is 0 Å². The van der Waals surface area contributed by atoms with Gasteiger partial charge in [0.05, 0.1) is 5.02 Å². The van der Waals surface area contributed by atoms with Gasteiger partial charge in [0.15, 0.2) is 5.82 Å². The molecule has 0 fully saturated rings. The van der Waals surface area contributed by atoms with Gasteiger partial charge in [-0.15, -0.1) is 10.2 Å². The van der Waals surface area contributed by atoms with Gasteiger partial charge in [-0.1, -0.05) is 23.7 Å². The van der Waals surface area contributed by atoms with Crippen LogP contribution in [0.15, 0.2) is 48.9 Å². The second kappa shape index (κ2) is 5.95. The highest BCUT2D eigenvalue weighted by atomic mass is 35.5. The Hall–Kier alpha value is -2.73. The summed E-state index contributed by atoms with van der Waals surface area (Å²) in [4.78, 5) is 16.2. The zero-order valence-electron chi connectivity index (χ0n) is 11.7. The summed E-state index contributed by atoms with van der Waals surface area (Å²) in [6.07, 6.45) is 3.14. The van der Waals surface area contributed by atoms with Crippen molar-refractivity contribution in [1.82, 2.24) is 19.7 Å². The standard InChI is InChI=1S/C15H12ClN5O/c1-21-9-18-20-14(21)10-4-2-5-11(8-10)19-15(22)13-12(16)6-3-7-17-13/h2-9H,1H3,(H,19,22). The SMILES string of the molecule is Cn1cnnc1-c1cccc(NC(=O)c2ncccc2Cl)c1. The molecule has 6 nitrogen and oxygen atoms in total. The van der Waals surface area contributed by atoms with Crippen molar-refractivity contribution in [1.29, 1.82) is 0 Å². The first-order valence-electron chi connectivity index (χ1n) is 6.51. The molecular formula is C15H12ClN5O. The van der Waals surface area contributed by atoms with Crippen LogP contribution >= 0.6 is 11.6 Å². The molecule has 2 aromatic heterocycles. The summed E-state index contributed by atoms with van der Waals surface area (Å²) >= 11 is 5.97. The van der Waals surface area contributed by atoms with E-state index in [2.05, 4.69) is 20.5 Å². The van der Waals surface area contributed by atoms with Crippen LogP contribution in [0.25, 0.3) is 11.4 Å². The van der Waals surface area contributed by atoms with Gasteiger partial charge in [0.2, 0.25) is 0 Å². The third kappa shape index (κ3) is 2.82. The Morgan fingerprint density at radius 1 is 1.27 bits per heavy atom. The summed E-state index contributed by atoms with van der Waals surface area (Å²) in [5.41, 5.74) is 1.67. The van der Waals surface area contributed by atoms with E-state index in [1.54, 1.807) is 29.1 Å². The van der Waals surface area contributed by atoms with Crippen molar-refractivity contribution in [3.8, 4) is 11.4 Å². The summed E-state index contributed by atoms with van der Waals surface area (Å²) in [5.74, 6) is 0.354. The molecule has 3 aromatic rings. The van der Waals surface area contributed by atoms with Crippen molar-refractivity contribution in [2.24, 2.45) is 7.05 Å². The van der Waals surface area contributed by atoms with E-state index in [4.69, 9.17) is 11.6 Å². The number of halogens is 1. The Balaban J connectivity index is 1.86. The lowest BCUT2D eigenvalue weighted by atomic mass is 10.2. The van der Waals surface area contributed by atoms with Gasteiger partial charge in [-0.05, 0) is 24.3 Å². The molecular weight excluding hydrogens is 302 g/mol. The number of anilines is 1. The predicted molar refractivity (Wildman–Crippen MR) is 83.6 cm³/mol. The molecule has 0 aliphatic rings. The minimum atomic E-state index is -0.360. The Morgan fingerprint density at radius 3 is 2.86 bits per heavy atom. The van der Waals surface area contributed by atoms with E-state index in [1.165, 1.54) is 6.20 Å². The van der Waals surface area contributed by atoms with Gasteiger partial charge >= 0.3 is 0 Å². The average molecular weight is 314 g/mol. The topological polar surface area (TPSA) is 72.7 Å². The molecule has 1 N–H and O–H groups in total. The summed E-state index contributed by atoms with van der Waals surface area (Å²) in [7, 11) is 1.86. The van der Waals surface area contributed by atoms with Gasteiger partial charge in [-0.25, -0.2) is 4.98 Å². The number of carbonyl (C=O) groups is 1. The third-order valence-corrected chi connectivity index (χ3v) is 3.37. The van der Waals surface area contributed by atoms with Crippen LogP contribution < -0.4 is 5.32 Å². The summed E-state index contributed by atoms with van der Waals surface area (Å²) in [6, 6.07) is 10.6. The number of nitrogens with zero attached hydrogens (tertiary/aromatic N) is 4. The number of rotatable bonds is 3. The highest BCUT2D eigenvalue weighted by Crippen LogP contribution is 2.21. The molecule has 7 heteroatoms. The Bertz CT molecular complexity index is 830. The van der Waals surface area contributed by atoms with Crippen molar-refractivity contribution >= 4 is 23.2 Å². The number of pyridine rings is 1. The average Bonchev–Trinajstić information content (AvgIpc) is 2.94. The molecule has 0 unspecified atom stereocenters. The molecule has 0 spiro atoms. The van der Waals surface area contributed by atoms with Crippen molar-refractivity contribution in [3.05, 3.63) is 59.6 Å². The molecule has 1 aromatic carbocycles. The molecule has 0 saturated heterocycles. The second-order valence-electron chi connectivity index (χ2n) is 4.63. The first-order valence-corrected chi connectivity index (χ1v) is 6.89. The molecule has 0 bridgehead atoms. The van der Waals surface area contributed by atoms with E-state index in [0.29, 0.717) is 16.5 Å². The quantitative estimate of drug-likeness (QED) is 0.807. The van der Waals surface area contributed by atoms with Crippen molar-refractivity contribution < 1.29 is 4.79 Å². The van der Waals surface area contributed by atoms with Crippen molar-refractivity contribution in [2.75, 3.05) is 5.32 Å². The Labute approximate surface area is 131 Å². The molecule has 110 valence electrons. The van der Waals surface area contributed by atoms with E-state index in [0.717, 1.165) is 5.56 Å². The van der Waals surface area contributed by atoms with Crippen LogP contribution in [-0.4, -0.2) is 25.7 Å². The fraction of sp³-hybridized carbons (Fsp3) is 0.0667. The minimum Gasteiger partial charge on any atom is -0.321 e. The fourth-order valence-corrected chi connectivity index (χ4v) is 2.23. The number of carbonyl (C=O) groups excluding carboxylic acids is 1. The maximum atomic E-state index is 12.2. The minimum absolute atomic E-state index is 0.188.